The Kier molecular flexibility index (Phi) is 7.62. The van der Waals surface area contributed by atoms with Crippen LogP contribution in [0.2, 0.25) is 0 Å². The van der Waals surface area contributed by atoms with Crippen LogP contribution in [0.4, 0.5) is 5.69 Å². The summed E-state index contributed by atoms with van der Waals surface area (Å²) in [6.07, 6.45) is 5.10. The van der Waals surface area contributed by atoms with Crippen molar-refractivity contribution in [2.24, 2.45) is 0 Å². The molecule has 0 unspecified atom stereocenters. The number of carbonyl (C=O) groups excluding carboxylic acids is 1. The fourth-order valence-electron chi connectivity index (χ4n) is 1.94. The summed E-state index contributed by atoms with van der Waals surface area (Å²) in [5.41, 5.74) is 1.00. The number of esters is 1. The Morgan fingerprint density at radius 3 is 2.42 bits per heavy atom. The summed E-state index contributed by atoms with van der Waals surface area (Å²) in [7, 11) is 0. The van der Waals surface area contributed by atoms with E-state index in [0.29, 0.717) is 11.5 Å². The SMILES string of the molecule is CCOC(=O)/C=C(\C=C\c1ccc(Br)cc1)Sc1ccc([N+](=O)[O-])cc1. The Bertz CT molecular complexity index is 830. The number of nitro benzene ring substituents is 1. The van der Waals surface area contributed by atoms with E-state index in [9.17, 15) is 14.9 Å². The number of benzene rings is 2. The van der Waals surface area contributed by atoms with Crippen LogP contribution >= 0.6 is 27.7 Å². The van der Waals surface area contributed by atoms with Crippen molar-refractivity contribution in [1.29, 1.82) is 0 Å². The summed E-state index contributed by atoms with van der Waals surface area (Å²) in [5, 5.41) is 10.7. The summed E-state index contributed by atoms with van der Waals surface area (Å²) in [6, 6.07) is 13.9. The lowest BCUT2D eigenvalue weighted by Gasteiger charge is -2.04. The molecule has 0 bridgehead atoms. The molecule has 0 aliphatic heterocycles. The molecule has 0 radical (unpaired) electrons. The second kappa shape index (κ2) is 9.94. The number of nitrogens with zero attached hydrogens (tertiary/aromatic N) is 1. The Morgan fingerprint density at radius 1 is 1.19 bits per heavy atom. The number of hydrogen-bond donors (Lipinski definition) is 0. The minimum Gasteiger partial charge on any atom is -0.463 e. The molecule has 134 valence electrons. The molecule has 0 spiro atoms. The average Bonchev–Trinajstić information content (AvgIpc) is 2.61. The number of carbonyl (C=O) groups is 1. The van der Waals surface area contributed by atoms with Crippen molar-refractivity contribution in [3.05, 3.63) is 85.7 Å². The molecule has 0 saturated heterocycles. The van der Waals surface area contributed by atoms with Gasteiger partial charge in [0.25, 0.3) is 5.69 Å². The molecule has 7 heteroatoms. The molecule has 0 aliphatic rings. The van der Waals surface area contributed by atoms with E-state index < -0.39 is 10.9 Å². The van der Waals surface area contributed by atoms with Gasteiger partial charge in [0, 0.05) is 32.5 Å². The topological polar surface area (TPSA) is 69.4 Å². The van der Waals surface area contributed by atoms with Crippen molar-refractivity contribution in [2.45, 2.75) is 11.8 Å². The first-order valence-corrected chi connectivity index (χ1v) is 9.33. The van der Waals surface area contributed by atoms with Crippen molar-refractivity contribution >= 4 is 45.4 Å². The fraction of sp³-hybridized carbons (Fsp3) is 0.105. The molecular formula is C19H16BrNO4S. The number of ether oxygens (including phenoxy) is 1. The van der Waals surface area contributed by atoms with E-state index in [1.54, 1.807) is 19.1 Å². The van der Waals surface area contributed by atoms with Crippen LogP contribution in [0, 0.1) is 10.1 Å². The van der Waals surface area contributed by atoms with Gasteiger partial charge in [-0.3, -0.25) is 10.1 Å². The Labute approximate surface area is 164 Å². The van der Waals surface area contributed by atoms with Crippen molar-refractivity contribution in [3.8, 4) is 0 Å². The van der Waals surface area contributed by atoms with Gasteiger partial charge < -0.3 is 4.74 Å². The largest absolute Gasteiger partial charge is 0.463 e. The molecule has 0 aliphatic carbocycles. The third-order valence-corrected chi connectivity index (χ3v) is 4.67. The third kappa shape index (κ3) is 6.50. The molecule has 0 heterocycles. The van der Waals surface area contributed by atoms with Crippen LogP contribution < -0.4 is 0 Å². The van der Waals surface area contributed by atoms with Gasteiger partial charge in [0.05, 0.1) is 11.5 Å². The number of thioether (sulfide) groups is 1. The number of nitro groups is 1. The fourth-order valence-corrected chi connectivity index (χ4v) is 3.04. The van der Waals surface area contributed by atoms with Gasteiger partial charge in [-0.25, -0.2) is 4.79 Å². The van der Waals surface area contributed by atoms with E-state index in [4.69, 9.17) is 4.74 Å². The first-order chi connectivity index (χ1) is 12.5. The highest BCUT2D eigenvalue weighted by Gasteiger charge is 2.07. The van der Waals surface area contributed by atoms with Gasteiger partial charge in [0.15, 0.2) is 0 Å². The van der Waals surface area contributed by atoms with Gasteiger partial charge in [0.1, 0.15) is 0 Å². The average molecular weight is 434 g/mol. The number of non-ortho nitro benzene ring substituents is 1. The standard InChI is InChI=1S/C19H16BrNO4S/c1-2-25-19(22)13-18(10-5-14-3-6-15(20)7-4-14)26-17-11-8-16(9-12-17)21(23)24/h3-13H,2H2,1H3/b10-5+,18-13+. The van der Waals surface area contributed by atoms with E-state index in [0.717, 1.165) is 14.9 Å². The van der Waals surface area contributed by atoms with Crippen LogP contribution in [0.25, 0.3) is 6.08 Å². The summed E-state index contributed by atoms with van der Waals surface area (Å²) >= 11 is 4.71. The van der Waals surface area contributed by atoms with E-state index in [1.807, 2.05) is 36.4 Å². The maximum Gasteiger partial charge on any atom is 0.331 e. The summed E-state index contributed by atoms with van der Waals surface area (Å²) in [4.78, 5) is 23.6. The van der Waals surface area contributed by atoms with Gasteiger partial charge in [-0.2, -0.15) is 0 Å². The van der Waals surface area contributed by atoms with Crippen molar-refractivity contribution in [3.63, 3.8) is 0 Å². The monoisotopic (exact) mass is 433 g/mol. The predicted octanol–water partition coefficient (Wildman–Crippen LogP) is 5.61. The second-order valence-electron chi connectivity index (χ2n) is 5.04. The van der Waals surface area contributed by atoms with Crippen LogP contribution in [-0.4, -0.2) is 17.5 Å². The highest BCUT2D eigenvalue weighted by atomic mass is 79.9. The van der Waals surface area contributed by atoms with E-state index in [1.165, 1.54) is 30.0 Å². The lowest BCUT2D eigenvalue weighted by atomic mass is 10.2. The Hall–Kier alpha value is -2.38. The molecule has 5 nitrogen and oxygen atoms in total. The molecule has 0 N–H and O–H groups in total. The molecule has 0 amide bonds. The van der Waals surface area contributed by atoms with Crippen LogP contribution in [-0.2, 0) is 9.53 Å². The summed E-state index contributed by atoms with van der Waals surface area (Å²) in [6.45, 7) is 2.04. The highest BCUT2D eigenvalue weighted by molar-refractivity contribution is 9.10. The Balaban J connectivity index is 2.21. The molecule has 2 aromatic carbocycles. The molecule has 2 rings (SSSR count). The van der Waals surface area contributed by atoms with Crippen molar-refractivity contribution < 1.29 is 14.5 Å². The molecule has 0 fully saturated rings. The molecular weight excluding hydrogens is 418 g/mol. The molecule has 0 atom stereocenters. The van der Waals surface area contributed by atoms with Gasteiger partial charge in [-0.15, -0.1) is 0 Å². The molecule has 0 aromatic heterocycles. The maximum atomic E-state index is 11.8. The summed E-state index contributed by atoms with van der Waals surface area (Å²) in [5.74, 6) is -0.433. The Morgan fingerprint density at radius 2 is 1.85 bits per heavy atom. The summed E-state index contributed by atoms with van der Waals surface area (Å²) < 4.78 is 5.95. The zero-order valence-corrected chi connectivity index (χ0v) is 16.3. The first-order valence-electron chi connectivity index (χ1n) is 7.72. The second-order valence-corrected chi connectivity index (χ2v) is 7.10. The van der Waals surface area contributed by atoms with Gasteiger partial charge in [-0.05, 0) is 42.8 Å². The van der Waals surface area contributed by atoms with Gasteiger partial charge >= 0.3 is 5.97 Å². The molecule has 0 saturated carbocycles. The van der Waals surface area contributed by atoms with E-state index in [2.05, 4.69) is 15.9 Å². The minimum atomic E-state index is -0.447. The normalized spacial score (nSPS) is 11.5. The highest BCUT2D eigenvalue weighted by Crippen LogP contribution is 2.29. The number of hydrogen-bond acceptors (Lipinski definition) is 5. The molecule has 26 heavy (non-hydrogen) atoms. The number of allylic oxidation sites excluding steroid dienone is 1. The number of halogens is 1. The first kappa shape index (κ1) is 19.9. The van der Waals surface area contributed by atoms with Crippen molar-refractivity contribution in [1.82, 2.24) is 0 Å². The zero-order chi connectivity index (χ0) is 18.9. The van der Waals surface area contributed by atoms with Crippen LogP contribution in [0.3, 0.4) is 0 Å². The number of rotatable bonds is 7. The zero-order valence-electron chi connectivity index (χ0n) is 13.9. The van der Waals surface area contributed by atoms with Crippen LogP contribution in [0.15, 0.2) is 75.0 Å². The lowest BCUT2D eigenvalue weighted by Crippen LogP contribution is -1.99. The minimum absolute atomic E-state index is 0.0238. The van der Waals surface area contributed by atoms with Crippen molar-refractivity contribution in [2.75, 3.05) is 6.61 Å². The van der Waals surface area contributed by atoms with Gasteiger partial charge in [-0.1, -0.05) is 45.9 Å². The van der Waals surface area contributed by atoms with Gasteiger partial charge in [0.2, 0.25) is 0 Å². The lowest BCUT2D eigenvalue weighted by molar-refractivity contribution is -0.384. The molecule has 2 aromatic rings. The maximum absolute atomic E-state index is 11.8. The van der Waals surface area contributed by atoms with E-state index in [-0.39, 0.29) is 5.69 Å². The smallest absolute Gasteiger partial charge is 0.331 e. The third-order valence-electron chi connectivity index (χ3n) is 3.14. The van der Waals surface area contributed by atoms with Crippen LogP contribution in [0.5, 0.6) is 0 Å². The van der Waals surface area contributed by atoms with E-state index >= 15 is 0 Å². The predicted molar refractivity (Wildman–Crippen MR) is 107 cm³/mol. The quantitative estimate of drug-likeness (QED) is 0.142. The van der Waals surface area contributed by atoms with Crippen LogP contribution in [0.1, 0.15) is 12.5 Å².